The summed E-state index contributed by atoms with van der Waals surface area (Å²) in [4.78, 5) is 13.8. The Morgan fingerprint density at radius 2 is 2.27 bits per heavy atom. The first-order valence-electron chi connectivity index (χ1n) is 5.76. The Kier molecular flexibility index (Phi) is 6.03. The third-order valence-corrected chi connectivity index (χ3v) is 2.78. The van der Waals surface area contributed by atoms with E-state index in [2.05, 4.69) is 6.92 Å². The third-order valence-electron chi connectivity index (χ3n) is 2.61. The summed E-state index contributed by atoms with van der Waals surface area (Å²) < 4.78 is 5.48. The molecule has 1 atom stereocenters. The van der Waals surface area contributed by atoms with Crippen LogP contribution in [0.25, 0.3) is 0 Å². The Bertz CT molecular complexity index is 187. The number of amides is 1. The maximum atomic E-state index is 12.0. The quantitative estimate of drug-likeness (QED) is 0.680. The molecule has 0 bridgehead atoms. The summed E-state index contributed by atoms with van der Waals surface area (Å²) in [7, 11) is 0. The first-order valence-corrected chi connectivity index (χ1v) is 6.29. The summed E-state index contributed by atoms with van der Waals surface area (Å²) >= 11 is 5.68. The fourth-order valence-corrected chi connectivity index (χ4v) is 2.05. The van der Waals surface area contributed by atoms with E-state index in [1.54, 1.807) is 0 Å². The van der Waals surface area contributed by atoms with Crippen LogP contribution >= 0.6 is 11.6 Å². The van der Waals surface area contributed by atoms with Crippen LogP contribution in [0, 0.1) is 0 Å². The highest BCUT2D eigenvalue weighted by Crippen LogP contribution is 2.15. The van der Waals surface area contributed by atoms with Gasteiger partial charge in [-0.1, -0.05) is 6.92 Å². The molecule has 0 N–H and O–H groups in total. The SMILES string of the molecule is CCCN(CCCl)C(=O)C1CCCCO1. The van der Waals surface area contributed by atoms with Gasteiger partial charge in [0, 0.05) is 25.6 Å². The molecule has 1 heterocycles. The second kappa shape index (κ2) is 7.07. The van der Waals surface area contributed by atoms with E-state index in [0.717, 1.165) is 38.8 Å². The van der Waals surface area contributed by atoms with Gasteiger partial charge in [-0.05, 0) is 25.7 Å². The Hall–Kier alpha value is -0.280. The van der Waals surface area contributed by atoms with Gasteiger partial charge in [-0.2, -0.15) is 0 Å². The van der Waals surface area contributed by atoms with Gasteiger partial charge in [0.05, 0.1) is 0 Å². The van der Waals surface area contributed by atoms with Crippen LogP contribution in [0.3, 0.4) is 0 Å². The molecular weight excluding hydrogens is 214 g/mol. The van der Waals surface area contributed by atoms with Crippen molar-refractivity contribution in [1.82, 2.24) is 4.90 Å². The van der Waals surface area contributed by atoms with Gasteiger partial charge in [0.1, 0.15) is 6.10 Å². The standard InChI is InChI=1S/C11H20ClNO2/c1-2-7-13(8-6-12)11(14)10-5-3-4-9-15-10/h10H,2-9H2,1H3. The Balaban J connectivity index is 2.45. The number of hydrogen-bond acceptors (Lipinski definition) is 2. The molecule has 1 saturated heterocycles. The molecule has 0 aliphatic carbocycles. The molecule has 0 aromatic carbocycles. The normalized spacial score (nSPS) is 21.3. The molecule has 3 nitrogen and oxygen atoms in total. The molecule has 0 saturated carbocycles. The van der Waals surface area contributed by atoms with Crippen LogP contribution in [0.2, 0.25) is 0 Å². The highest BCUT2D eigenvalue weighted by molar-refractivity contribution is 6.18. The van der Waals surface area contributed by atoms with Crippen LogP contribution in [-0.2, 0) is 9.53 Å². The molecule has 0 aromatic heterocycles. The first-order chi connectivity index (χ1) is 7.29. The predicted molar refractivity (Wildman–Crippen MR) is 61.2 cm³/mol. The zero-order valence-corrected chi connectivity index (χ0v) is 10.1. The number of halogens is 1. The van der Waals surface area contributed by atoms with E-state index < -0.39 is 0 Å². The molecule has 1 aliphatic heterocycles. The van der Waals surface area contributed by atoms with Crippen molar-refractivity contribution in [3.05, 3.63) is 0 Å². The van der Waals surface area contributed by atoms with Crippen LogP contribution in [0.4, 0.5) is 0 Å². The largest absolute Gasteiger partial charge is 0.368 e. The van der Waals surface area contributed by atoms with Gasteiger partial charge in [0.15, 0.2) is 0 Å². The van der Waals surface area contributed by atoms with Gasteiger partial charge in [-0.25, -0.2) is 0 Å². The summed E-state index contributed by atoms with van der Waals surface area (Å²) in [5.41, 5.74) is 0. The minimum Gasteiger partial charge on any atom is -0.368 e. The van der Waals surface area contributed by atoms with Crippen molar-refractivity contribution in [1.29, 1.82) is 0 Å². The van der Waals surface area contributed by atoms with Gasteiger partial charge in [0.2, 0.25) is 0 Å². The van der Waals surface area contributed by atoms with E-state index in [0.29, 0.717) is 12.4 Å². The molecule has 1 fully saturated rings. The minimum absolute atomic E-state index is 0.122. The van der Waals surface area contributed by atoms with Gasteiger partial charge >= 0.3 is 0 Å². The van der Waals surface area contributed by atoms with E-state index >= 15 is 0 Å². The van der Waals surface area contributed by atoms with Gasteiger partial charge in [0.25, 0.3) is 5.91 Å². The smallest absolute Gasteiger partial charge is 0.251 e. The van der Waals surface area contributed by atoms with Gasteiger partial charge in [-0.15, -0.1) is 11.6 Å². The molecule has 0 spiro atoms. The molecule has 15 heavy (non-hydrogen) atoms. The Morgan fingerprint density at radius 1 is 1.47 bits per heavy atom. The highest BCUT2D eigenvalue weighted by Gasteiger charge is 2.25. The maximum Gasteiger partial charge on any atom is 0.251 e. The Labute approximate surface area is 96.7 Å². The minimum atomic E-state index is -0.214. The van der Waals surface area contributed by atoms with Crippen LogP contribution in [0.1, 0.15) is 32.6 Å². The molecule has 1 aliphatic rings. The molecule has 1 amide bonds. The summed E-state index contributed by atoms with van der Waals surface area (Å²) in [5, 5.41) is 0. The van der Waals surface area contributed by atoms with E-state index in [1.165, 1.54) is 0 Å². The van der Waals surface area contributed by atoms with E-state index in [-0.39, 0.29) is 12.0 Å². The second-order valence-corrected chi connectivity index (χ2v) is 4.25. The van der Waals surface area contributed by atoms with Crippen molar-refractivity contribution in [2.24, 2.45) is 0 Å². The van der Waals surface area contributed by atoms with Crippen molar-refractivity contribution in [3.63, 3.8) is 0 Å². The highest BCUT2D eigenvalue weighted by atomic mass is 35.5. The fraction of sp³-hybridized carbons (Fsp3) is 0.909. The van der Waals surface area contributed by atoms with Crippen molar-refractivity contribution in [2.45, 2.75) is 38.7 Å². The number of ether oxygens (including phenoxy) is 1. The van der Waals surface area contributed by atoms with Gasteiger partial charge < -0.3 is 9.64 Å². The van der Waals surface area contributed by atoms with Crippen molar-refractivity contribution in [3.8, 4) is 0 Å². The number of carbonyl (C=O) groups excluding carboxylic acids is 1. The summed E-state index contributed by atoms with van der Waals surface area (Å²) in [6.45, 7) is 4.20. The summed E-state index contributed by atoms with van der Waals surface area (Å²) in [6.07, 6.45) is 3.79. The van der Waals surface area contributed by atoms with Crippen LogP contribution < -0.4 is 0 Å². The van der Waals surface area contributed by atoms with E-state index in [9.17, 15) is 4.79 Å². The topological polar surface area (TPSA) is 29.5 Å². The van der Waals surface area contributed by atoms with Crippen LogP contribution in [0.15, 0.2) is 0 Å². The molecule has 1 unspecified atom stereocenters. The fourth-order valence-electron chi connectivity index (χ4n) is 1.84. The second-order valence-electron chi connectivity index (χ2n) is 3.87. The summed E-state index contributed by atoms with van der Waals surface area (Å²) in [5.74, 6) is 0.621. The van der Waals surface area contributed by atoms with Crippen molar-refractivity contribution < 1.29 is 9.53 Å². The maximum absolute atomic E-state index is 12.0. The van der Waals surface area contributed by atoms with Crippen LogP contribution in [0.5, 0.6) is 0 Å². The van der Waals surface area contributed by atoms with E-state index in [1.807, 2.05) is 4.90 Å². The molecule has 0 aromatic rings. The molecule has 1 rings (SSSR count). The number of hydrogen-bond donors (Lipinski definition) is 0. The number of alkyl halides is 1. The monoisotopic (exact) mass is 233 g/mol. The van der Waals surface area contributed by atoms with Crippen molar-refractivity contribution >= 4 is 17.5 Å². The van der Waals surface area contributed by atoms with Crippen LogP contribution in [-0.4, -0.2) is 42.5 Å². The Morgan fingerprint density at radius 3 is 2.80 bits per heavy atom. The lowest BCUT2D eigenvalue weighted by Crippen LogP contribution is -2.43. The lowest BCUT2D eigenvalue weighted by molar-refractivity contribution is -0.146. The average molecular weight is 234 g/mol. The zero-order chi connectivity index (χ0) is 11.1. The lowest BCUT2D eigenvalue weighted by Gasteiger charge is -2.28. The van der Waals surface area contributed by atoms with Crippen molar-refractivity contribution in [2.75, 3.05) is 25.6 Å². The number of carbonyl (C=O) groups is 1. The summed E-state index contributed by atoms with van der Waals surface area (Å²) in [6, 6.07) is 0. The molecular formula is C11H20ClNO2. The lowest BCUT2D eigenvalue weighted by atomic mass is 10.1. The van der Waals surface area contributed by atoms with E-state index in [4.69, 9.17) is 16.3 Å². The number of nitrogens with zero attached hydrogens (tertiary/aromatic N) is 1. The predicted octanol–water partition coefficient (Wildman–Crippen LogP) is 2.03. The molecule has 0 radical (unpaired) electrons. The zero-order valence-electron chi connectivity index (χ0n) is 9.38. The molecule has 4 heteroatoms. The first kappa shape index (κ1) is 12.8. The average Bonchev–Trinajstić information content (AvgIpc) is 2.29. The third kappa shape index (κ3) is 3.99. The molecule has 88 valence electrons. The van der Waals surface area contributed by atoms with Gasteiger partial charge in [-0.3, -0.25) is 4.79 Å². The number of rotatable bonds is 5.